The molecule has 4 nitrogen and oxygen atoms in total. The van der Waals surface area contributed by atoms with Gasteiger partial charge in [-0.3, -0.25) is 4.79 Å². The maximum absolute atomic E-state index is 11.6. The number of carbonyl (C=O) groups is 2. The number of rotatable bonds is 8. The van der Waals surface area contributed by atoms with Crippen LogP contribution in [0, 0.1) is 12.8 Å². The summed E-state index contributed by atoms with van der Waals surface area (Å²) in [6, 6.07) is 8.45. The number of hydrogen-bond donors (Lipinski definition) is 2. The summed E-state index contributed by atoms with van der Waals surface area (Å²) in [7, 11) is 0. The quantitative estimate of drug-likeness (QED) is 0.442. The minimum atomic E-state index is -1.03. The SMILES string of the molecule is CC.CCCc1cc(Cl)cc(Cl)c1C(CC(C)C(=O)O)c1cc(C(=O)O)ccc1C. The second-order valence-corrected chi connectivity index (χ2v) is 7.96. The van der Waals surface area contributed by atoms with E-state index in [0.717, 1.165) is 35.1 Å². The third-order valence-corrected chi connectivity index (χ3v) is 5.49. The van der Waals surface area contributed by atoms with E-state index in [0.29, 0.717) is 16.5 Å². The molecule has 0 aliphatic heterocycles. The summed E-state index contributed by atoms with van der Waals surface area (Å²) in [5, 5.41) is 19.9. The first-order valence-corrected chi connectivity index (χ1v) is 11.0. The monoisotopic (exact) mass is 452 g/mol. The fraction of sp³-hybridized carbons (Fsp3) is 0.417. The topological polar surface area (TPSA) is 74.6 Å². The van der Waals surface area contributed by atoms with E-state index in [9.17, 15) is 19.8 Å². The van der Waals surface area contributed by atoms with Gasteiger partial charge in [-0.1, -0.05) is 63.4 Å². The van der Waals surface area contributed by atoms with Crippen molar-refractivity contribution in [3.05, 3.63) is 68.2 Å². The van der Waals surface area contributed by atoms with Crippen LogP contribution in [0.3, 0.4) is 0 Å². The summed E-state index contributed by atoms with van der Waals surface area (Å²) in [6.07, 6.45) is 1.92. The molecule has 2 aromatic carbocycles. The minimum absolute atomic E-state index is 0.163. The molecule has 0 aromatic heterocycles. The zero-order valence-electron chi connectivity index (χ0n) is 18.1. The van der Waals surface area contributed by atoms with E-state index >= 15 is 0 Å². The molecule has 2 N–H and O–H groups in total. The number of aryl methyl sites for hydroxylation is 2. The predicted molar refractivity (Wildman–Crippen MR) is 123 cm³/mol. The molecular formula is C24H30Cl2O4. The van der Waals surface area contributed by atoms with Crippen molar-refractivity contribution >= 4 is 35.1 Å². The Bertz CT molecular complexity index is 893. The van der Waals surface area contributed by atoms with Crippen molar-refractivity contribution in [2.75, 3.05) is 0 Å². The van der Waals surface area contributed by atoms with Crippen LogP contribution in [0.2, 0.25) is 10.0 Å². The zero-order chi connectivity index (χ0) is 23.0. The maximum atomic E-state index is 11.6. The van der Waals surface area contributed by atoms with E-state index < -0.39 is 17.9 Å². The lowest BCUT2D eigenvalue weighted by molar-refractivity contribution is -0.141. The minimum Gasteiger partial charge on any atom is -0.481 e. The van der Waals surface area contributed by atoms with Crippen molar-refractivity contribution in [3.63, 3.8) is 0 Å². The van der Waals surface area contributed by atoms with Gasteiger partial charge in [-0.05, 0) is 66.3 Å². The van der Waals surface area contributed by atoms with Crippen molar-refractivity contribution in [2.24, 2.45) is 5.92 Å². The fourth-order valence-corrected chi connectivity index (χ4v) is 4.18. The van der Waals surface area contributed by atoms with E-state index in [2.05, 4.69) is 0 Å². The molecule has 0 saturated heterocycles. The molecule has 6 heteroatoms. The molecule has 0 fully saturated rings. The molecule has 30 heavy (non-hydrogen) atoms. The maximum Gasteiger partial charge on any atom is 0.335 e. The van der Waals surface area contributed by atoms with Crippen LogP contribution in [0.15, 0.2) is 30.3 Å². The average Bonchev–Trinajstić information content (AvgIpc) is 2.68. The van der Waals surface area contributed by atoms with E-state index in [4.69, 9.17) is 23.2 Å². The normalized spacial score (nSPS) is 12.5. The standard InChI is InChI=1S/C22H24Cl2O4.C2H6/c1-4-5-14-9-16(23)11-19(24)20(14)18(8-13(3)21(25)26)17-10-15(22(27)28)7-6-12(17)2;1-2/h6-7,9-11,13,18H,4-5,8H2,1-3H3,(H,25,26)(H,27,28);1-2H3. The summed E-state index contributed by atoms with van der Waals surface area (Å²) in [5.74, 6) is -2.91. The molecule has 2 aromatic rings. The van der Waals surface area contributed by atoms with Crippen molar-refractivity contribution in [2.45, 2.75) is 59.8 Å². The molecule has 0 aliphatic carbocycles. The van der Waals surface area contributed by atoms with Crippen molar-refractivity contribution < 1.29 is 19.8 Å². The number of aliphatic carboxylic acids is 1. The van der Waals surface area contributed by atoms with Crippen LogP contribution < -0.4 is 0 Å². The molecule has 0 saturated carbocycles. The first-order chi connectivity index (χ1) is 14.1. The van der Waals surface area contributed by atoms with Gasteiger partial charge >= 0.3 is 11.9 Å². The summed E-state index contributed by atoms with van der Waals surface area (Å²) < 4.78 is 0. The Hall–Kier alpha value is -2.04. The molecule has 0 radical (unpaired) electrons. The third-order valence-electron chi connectivity index (χ3n) is 4.96. The smallest absolute Gasteiger partial charge is 0.335 e. The van der Waals surface area contributed by atoms with Crippen LogP contribution in [0.5, 0.6) is 0 Å². The lowest BCUT2D eigenvalue weighted by Gasteiger charge is -2.26. The molecule has 2 rings (SSSR count). The molecule has 0 heterocycles. The number of aromatic carboxylic acids is 1. The predicted octanol–water partition coefficient (Wildman–Crippen LogP) is 7.22. The first kappa shape index (κ1) is 26.0. The number of carboxylic acid groups (broad SMARTS) is 2. The van der Waals surface area contributed by atoms with Gasteiger partial charge in [0.15, 0.2) is 0 Å². The summed E-state index contributed by atoms with van der Waals surface area (Å²) in [5.41, 5.74) is 3.61. The summed E-state index contributed by atoms with van der Waals surface area (Å²) in [6.45, 7) is 9.58. The van der Waals surface area contributed by atoms with Crippen molar-refractivity contribution in [1.29, 1.82) is 0 Å². The second kappa shape index (κ2) is 12.0. The van der Waals surface area contributed by atoms with Crippen LogP contribution >= 0.6 is 23.2 Å². The molecular weight excluding hydrogens is 423 g/mol. The Kier molecular flexibility index (Phi) is 10.4. The highest BCUT2D eigenvalue weighted by atomic mass is 35.5. The van der Waals surface area contributed by atoms with Gasteiger partial charge in [-0.25, -0.2) is 4.79 Å². The number of halogens is 2. The lowest BCUT2D eigenvalue weighted by atomic mass is 9.79. The Balaban J connectivity index is 0.00000218. The van der Waals surface area contributed by atoms with Crippen LogP contribution in [0.4, 0.5) is 0 Å². The van der Waals surface area contributed by atoms with Gasteiger partial charge in [0.1, 0.15) is 0 Å². The van der Waals surface area contributed by atoms with Crippen LogP contribution in [-0.4, -0.2) is 22.2 Å². The van der Waals surface area contributed by atoms with Gasteiger partial charge in [0.25, 0.3) is 0 Å². The Morgan fingerprint density at radius 3 is 2.23 bits per heavy atom. The van der Waals surface area contributed by atoms with Crippen LogP contribution in [0.25, 0.3) is 0 Å². The third kappa shape index (κ3) is 6.48. The lowest BCUT2D eigenvalue weighted by Crippen LogP contribution is -2.17. The van der Waals surface area contributed by atoms with Gasteiger partial charge in [-0.2, -0.15) is 0 Å². The highest BCUT2D eigenvalue weighted by Gasteiger charge is 2.27. The van der Waals surface area contributed by atoms with Gasteiger partial charge in [0.05, 0.1) is 11.5 Å². The second-order valence-electron chi connectivity index (χ2n) is 7.11. The van der Waals surface area contributed by atoms with E-state index in [1.165, 1.54) is 0 Å². The fourth-order valence-electron chi connectivity index (χ4n) is 3.51. The van der Waals surface area contributed by atoms with Gasteiger partial charge in [0.2, 0.25) is 0 Å². The number of carboxylic acids is 2. The highest BCUT2D eigenvalue weighted by molar-refractivity contribution is 6.35. The molecule has 164 valence electrons. The van der Waals surface area contributed by atoms with E-state index in [1.54, 1.807) is 31.2 Å². The Labute approximate surface area is 188 Å². The molecule has 2 unspecified atom stereocenters. The van der Waals surface area contributed by atoms with E-state index in [1.807, 2.05) is 33.8 Å². The molecule has 0 aliphatic rings. The number of hydrogen-bond acceptors (Lipinski definition) is 2. The molecule has 0 bridgehead atoms. The summed E-state index contributed by atoms with van der Waals surface area (Å²) >= 11 is 12.8. The Morgan fingerprint density at radius 1 is 1.07 bits per heavy atom. The average molecular weight is 453 g/mol. The molecule has 2 atom stereocenters. The van der Waals surface area contributed by atoms with Gasteiger partial charge in [0, 0.05) is 16.0 Å². The Morgan fingerprint density at radius 2 is 1.70 bits per heavy atom. The first-order valence-electron chi connectivity index (χ1n) is 10.2. The van der Waals surface area contributed by atoms with Crippen LogP contribution in [0.1, 0.15) is 79.1 Å². The molecule has 0 spiro atoms. The molecule has 0 amide bonds. The van der Waals surface area contributed by atoms with E-state index in [-0.39, 0.29) is 11.5 Å². The number of benzene rings is 2. The van der Waals surface area contributed by atoms with Gasteiger partial charge in [-0.15, -0.1) is 0 Å². The summed E-state index contributed by atoms with van der Waals surface area (Å²) in [4.78, 5) is 23.1. The van der Waals surface area contributed by atoms with Crippen molar-refractivity contribution in [3.8, 4) is 0 Å². The van der Waals surface area contributed by atoms with Gasteiger partial charge < -0.3 is 10.2 Å². The largest absolute Gasteiger partial charge is 0.481 e. The highest BCUT2D eigenvalue weighted by Crippen LogP contribution is 2.41. The zero-order valence-corrected chi connectivity index (χ0v) is 19.6. The van der Waals surface area contributed by atoms with Crippen molar-refractivity contribution in [1.82, 2.24) is 0 Å². The van der Waals surface area contributed by atoms with Crippen LogP contribution in [-0.2, 0) is 11.2 Å².